The van der Waals surface area contributed by atoms with Gasteiger partial charge in [0.25, 0.3) is 0 Å². The van der Waals surface area contributed by atoms with Crippen molar-refractivity contribution >= 4 is 17.5 Å². The molecule has 41 heavy (non-hydrogen) atoms. The molecule has 5 aromatic heterocycles. The largest absolute Gasteiger partial charge is 0.392 e. The van der Waals surface area contributed by atoms with E-state index in [1.165, 1.54) is 12.0 Å². The lowest BCUT2D eigenvalue weighted by Gasteiger charge is -2.56. The van der Waals surface area contributed by atoms with E-state index in [1.54, 1.807) is 17.1 Å². The molecule has 0 amide bonds. The Labute approximate surface area is 237 Å². The van der Waals surface area contributed by atoms with Crippen LogP contribution < -0.4 is 10.2 Å². The van der Waals surface area contributed by atoms with Crippen LogP contribution >= 0.6 is 0 Å². The van der Waals surface area contributed by atoms with Gasteiger partial charge in [-0.15, -0.1) is 0 Å². The minimum atomic E-state index is -0.0286. The molecule has 8 rings (SSSR count). The van der Waals surface area contributed by atoms with Crippen molar-refractivity contribution in [1.82, 2.24) is 44.8 Å². The monoisotopic (exact) mass is 549 g/mol. The summed E-state index contributed by atoms with van der Waals surface area (Å²) in [6, 6.07) is 13.0. The number of aromatic nitrogens is 8. The van der Waals surface area contributed by atoms with Crippen LogP contribution in [-0.2, 0) is 13.2 Å². The number of aliphatic hydroxyl groups excluding tert-OH is 1. The highest BCUT2D eigenvalue weighted by Crippen LogP contribution is 2.35. The van der Waals surface area contributed by atoms with E-state index in [4.69, 9.17) is 9.97 Å². The second-order valence-corrected chi connectivity index (χ2v) is 10.8. The molecule has 0 aromatic carbocycles. The number of hydrogen-bond acceptors (Lipinski definition) is 10. The van der Waals surface area contributed by atoms with Gasteiger partial charge in [0.1, 0.15) is 11.6 Å². The van der Waals surface area contributed by atoms with Gasteiger partial charge in [-0.2, -0.15) is 10.2 Å². The van der Waals surface area contributed by atoms with Gasteiger partial charge in [-0.3, -0.25) is 10.00 Å². The highest BCUT2D eigenvalue weighted by molar-refractivity contribution is 5.61. The Morgan fingerprint density at radius 3 is 2.44 bits per heavy atom. The zero-order valence-electron chi connectivity index (χ0n) is 22.9. The normalized spacial score (nSPS) is 18.4. The fraction of sp³-hybridized carbons (Fsp3) is 0.310. The topological polar surface area (TPSA) is 137 Å². The van der Waals surface area contributed by atoms with Crippen molar-refractivity contribution in [2.45, 2.75) is 45.5 Å². The summed E-state index contributed by atoms with van der Waals surface area (Å²) in [4.78, 5) is 23.6. The first kappa shape index (κ1) is 25.3. The number of H-pyrrole nitrogens is 1. The molecule has 0 radical (unpaired) electrons. The second-order valence-electron chi connectivity index (χ2n) is 10.8. The van der Waals surface area contributed by atoms with Crippen molar-refractivity contribution in [3.05, 3.63) is 83.7 Å². The lowest BCUT2D eigenvalue weighted by Crippen LogP contribution is -2.68. The number of fused-ring (bicyclic) bond motifs is 2. The van der Waals surface area contributed by atoms with E-state index in [9.17, 15) is 5.11 Å². The van der Waals surface area contributed by atoms with E-state index in [-0.39, 0.29) is 6.61 Å². The first-order chi connectivity index (χ1) is 20.0. The van der Waals surface area contributed by atoms with Crippen LogP contribution in [0.2, 0.25) is 0 Å². The molecule has 2 bridgehead atoms. The van der Waals surface area contributed by atoms with Crippen molar-refractivity contribution in [2.75, 3.05) is 23.3 Å². The molecular formula is C29H31N11O. The summed E-state index contributed by atoms with van der Waals surface area (Å²) in [7, 11) is 0. The minimum Gasteiger partial charge on any atom is -0.392 e. The van der Waals surface area contributed by atoms with E-state index in [0.717, 1.165) is 59.6 Å². The number of nitrogens with zero attached hydrogens (tertiary/aromatic N) is 9. The van der Waals surface area contributed by atoms with Crippen LogP contribution in [0.3, 0.4) is 0 Å². The van der Waals surface area contributed by atoms with Gasteiger partial charge in [-0.1, -0.05) is 6.07 Å². The number of piperazine rings is 1. The van der Waals surface area contributed by atoms with E-state index < -0.39 is 0 Å². The fourth-order valence-electron chi connectivity index (χ4n) is 5.64. The summed E-state index contributed by atoms with van der Waals surface area (Å²) in [5.74, 6) is 3.77. The number of piperidine rings is 1. The molecule has 0 aliphatic carbocycles. The van der Waals surface area contributed by atoms with Crippen molar-refractivity contribution in [3.8, 4) is 17.2 Å². The Bertz CT molecular complexity index is 1650. The summed E-state index contributed by atoms with van der Waals surface area (Å²) < 4.78 is 1.69. The van der Waals surface area contributed by atoms with Crippen LogP contribution in [0.15, 0.2) is 61.2 Å². The maximum absolute atomic E-state index is 9.27. The maximum atomic E-state index is 9.27. The number of aromatic amines is 1. The molecule has 3 fully saturated rings. The molecule has 3 N–H and O–H groups in total. The lowest BCUT2D eigenvalue weighted by atomic mass is 9.87. The average molecular weight is 550 g/mol. The lowest BCUT2D eigenvalue weighted by molar-refractivity contribution is -0.00875. The fourth-order valence-corrected chi connectivity index (χ4v) is 5.64. The summed E-state index contributed by atoms with van der Waals surface area (Å²) in [5.41, 5.74) is 4.67. The predicted octanol–water partition coefficient (Wildman–Crippen LogP) is 3.16. The molecular weight excluding hydrogens is 518 g/mol. The predicted molar refractivity (Wildman–Crippen MR) is 154 cm³/mol. The third kappa shape index (κ3) is 5.14. The van der Waals surface area contributed by atoms with Crippen LogP contribution in [0.25, 0.3) is 17.2 Å². The van der Waals surface area contributed by atoms with Crippen molar-refractivity contribution in [3.63, 3.8) is 0 Å². The zero-order chi connectivity index (χ0) is 27.9. The highest BCUT2D eigenvalue weighted by Gasteiger charge is 2.44. The van der Waals surface area contributed by atoms with Gasteiger partial charge in [-0.05, 0) is 44.0 Å². The summed E-state index contributed by atoms with van der Waals surface area (Å²) in [6.45, 7) is 6.66. The minimum absolute atomic E-state index is 0.0286. The molecule has 12 heteroatoms. The Morgan fingerprint density at radius 2 is 1.76 bits per heavy atom. The maximum Gasteiger partial charge on any atom is 0.163 e. The third-order valence-corrected chi connectivity index (χ3v) is 7.72. The molecule has 0 saturated carbocycles. The number of pyridine rings is 2. The smallest absolute Gasteiger partial charge is 0.163 e. The van der Waals surface area contributed by atoms with E-state index in [0.29, 0.717) is 23.7 Å². The van der Waals surface area contributed by atoms with Crippen LogP contribution in [0.1, 0.15) is 28.9 Å². The molecule has 8 heterocycles. The number of rotatable bonds is 8. The van der Waals surface area contributed by atoms with E-state index in [1.807, 2.05) is 50.5 Å². The number of aryl methyl sites for hydroxylation is 2. The second kappa shape index (κ2) is 10.4. The summed E-state index contributed by atoms with van der Waals surface area (Å²) >= 11 is 0. The molecule has 3 aliphatic heterocycles. The van der Waals surface area contributed by atoms with Crippen LogP contribution in [-0.4, -0.2) is 75.1 Å². The molecule has 0 spiro atoms. The molecule has 3 saturated heterocycles. The molecule has 12 nitrogen and oxygen atoms in total. The van der Waals surface area contributed by atoms with Gasteiger partial charge >= 0.3 is 0 Å². The number of anilines is 3. The Kier molecular flexibility index (Phi) is 6.40. The van der Waals surface area contributed by atoms with Gasteiger partial charge < -0.3 is 15.3 Å². The van der Waals surface area contributed by atoms with Crippen LogP contribution in [0.4, 0.5) is 17.5 Å². The van der Waals surface area contributed by atoms with Gasteiger partial charge in [0.2, 0.25) is 0 Å². The molecule has 5 aromatic rings. The Morgan fingerprint density at radius 1 is 0.927 bits per heavy atom. The molecule has 2 unspecified atom stereocenters. The third-order valence-electron chi connectivity index (χ3n) is 7.72. The van der Waals surface area contributed by atoms with Gasteiger partial charge in [0, 0.05) is 85.0 Å². The average Bonchev–Trinajstić information content (AvgIpc) is 3.65. The van der Waals surface area contributed by atoms with Crippen molar-refractivity contribution < 1.29 is 5.11 Å². The van der Waals surface area contributed by atoms with Crippen molar-refractivity contribution in [1.29, 1.82) is 0 Å². The number of nitrogens with one attached hydrogen (secondary N) is 2. The van der Waals surface area contributed by atoms with E-state index >= 15 is 0 Å². The van der Waals surface area contributed by atoms with Crippen LogP contribution in [0, 0.1) is 13.8 Å². The molecule has 3 aliphatic rings. The van der Waals surface area contributed by atoms with E-state index in [2.05, 4.69) is 52.5 Å². The molecule has 208 valence electrons. The Balaban J connectivity index is 0.983. The van der Waals surface area contributed by atoms with Crippen molar-refractivity contribution in [2.24, 2.45) is 0 Å². The summed E-state index contributed by atoms with van der Waals surface area (Å²) in [6.07, 6.45) is 8.44. The van der Waals surface area contributed by atoms with Crippen LogP contribution in [0.5, 0.6) is 0 Å². The summed E-state index contributed by atoms with van der Waals surface area (Å²) in [5, 5.41) is 23.9. The first-order valence-electron chi connectivity index (χ1n) is 13.7. The van der Waals surface area contributed by atoms with Gasteiger partial charge in [-0.25, -0.2) is 24.6 Å². The van der Waals surface area contributed by atoms with Gasteiger partial charge in [0.15, 0.2) is 17.5 Å². The standard InChI is InChI=1S/C29H31N11O/c1-18-7-25(34-26-8-19(2)36-37-26)35-29(33-18)22-4-6-27(31-12-22)38-15-23-9-24(16-38)39(23)13-20-3-5-28(30-10-20)40-14-21(17-41)11-32-40/h3-8,10-12,14,23-24,41H,9,13,15-17H2,1-2H3,(H2,33,34,35,36,37). The Hall–Kier alpha value is -4.68. The number of aliphatic hydroxyl groups is 1. The zero-order valence-corrected chi connectivity index (χ0v) is 22.9. The SMILES string of the molecule is Cc1cc(Nc2cc(C)[nH]n2)nc(-c2ccc(N3CC4CC(C3)N4Cc3ccc(-n4cc(CO)cn4)nc3)nc2)n1. The van der Waals surface area contributed by atoms with Gasteiger partial charge in [0.05, 0.1) is 12.8 Å². The first-order valence-corrected chi connectivity index (χ1v) is 13.7. The quantitative estimate of drug-likeness (QED) is 0.265. The molecule has 2 atom stereocenters. The number of hydrogen-bond donors (Lipinski definition) is 3. The highest BCUT2D eigenvalue weighted by atomic mass is 16.3.